The van der Waals surface area contributed by atoms with Gasteiger partial charge in [0.2, 0.25) is 0 Å². The van der Waals surface area contributed by atoms with Crippen LogP contribution in [-0.4, -0.2) is 66.6 Å². The standard InChI is InChI=1S/C20H27NO7S/c1-13-5-7-14(8-6-13)29(25,26)20(12-22)11-21(18(24)28-19(2,3)4)16-15(20)9-10-27-17(16)23/h5-8,12,15-17,23H,9-11H2,1-4H3/t15-,16+,17?,20-/m1/s1. The number of hydrogen-bond donors (Lipinski definition) is 1. The van der Waals surface area contributed by atoms with Crippen molar-refractivity contribution in [1.82, 2.24) is 4.90 Å². The average molecular weight is 426 g/mol. The molecule has 2 heterocycles. The fourth-order valence-electron chi connectivity index (χ4n) is 4.09. The van der Waals surface area contributed by atoms with Crippen molar-refractivity contribution < 1.29 is 32.6 Å². The highest BCUT2D eigenvalue weighted by atomic mass is 32.2. The predicted molar refractivity (Wildman–Crippen MR) is 104 cm³/mol. The highest BCUT2D eigenvalue weighted by Crippen LogP contribution is 2.46. The molecule has 1 aromatic carbocycles. The molecule has 1 aromatic rings. The van der Waals surface area contributed by atoms with Gasteiger partial charge in [-0.3, -0.25) is 4.90 Å². The van der Waals surface area contributed by atoms with Crippen LogP contribution in [0.3, 0.4) is 0 Å². The summed E-state index contributed by atoms with van der Waals surface area (Å²) in [6, 6.07) is 5.22. The van der Waals surface area contributed by atoms with E-state index in [1.807, 2.05) is 6.92 Å². The SMILES string of the molecule is Cc1ccc(S(=O)(=O)[C@@]2(C=O)CN(C(=O)OC(C)(C)C)[C@@H]3C(O)OCC[C@H]32)cc1. The van der Waals surface area contributed by atoms with Crippen LogP contribution in [0.1, 0.15) is 32.8 Å². The number of aryl methyl sites for hydroxylation is 1. The fourth-order valence-corrected chi connectivity index (χ4v) is 6.12. The molecule has 1 amide bonds. The molecule has 29 heavy (non-hydrogen) atoms. The number of aliphatic hydroxyl groups excluding tert-OH is 1. The van der Waals surface area contributed by atoms with Crippen LogP contribution in [0.2, 0.25) is 0 Å². The van der Waals surface area contributed by atoms with Gasteiger partial charge in [-0.05, 0) is 46.2 Å². The summed E-state index contributed by atoms with van der Waals surface area (Å²) in [7, 11) is -4.16. The van der Waals surface area contributed by atoms with Crippen LogP contribution in [0.25, 0.3) is 0 Å². The first-order valence-corrected chi connectivity index (χ1v) is 11.0. The molecule has 0 aromatic heterocycles. The molecule has 2 aliphatic heterocycles. The molecule has 0 aliphatic carbocycles. The quantitative estimate of drug-likeness (QED) is 0.734. The number of aliphatic hydroxyl groups is 1. The zero-order valence-electron chi connectivity index (χ0n) is 17.0. The normalized spacial score (nSPS) is 30.0. The van der Waals surface area contributed by atoms with Crippen molar-refractivity contribution >= 4 is 22.2 Å². The Morgan fingerprint density at radius 1 is 1.31 bits per heavy atom. The van der Waals surface area contributed by atoms with Gasteiger partial charge in [0.1, 0.15) is 11.9 Å². The van der Waals surface area contributed by atoms with Crippen LogP contribution in [-0.2, 0) is 24.1 Å². The molecule has 3 rings (SSSR count). The van der Waals surface area contributed by atoms with E-state index in [2.05, 4.69) is 0 Å². The zero-order valence-corrected chi connectivity index (χ0v) is 17.8. The third-order valence-corrected chi connectivity index (χ3v) is 7.91. The van der Waals surface area contributed by atoms with Gasteiger partial charge in [0, 0.05) is 5.92 Å². The first kappa shape index (κ1) is 21.7. The first-order valence-electron chi connectivity index (χ1n) is 9.50. The van der Waals surface area contributed by atoms with E-state index in [1.165, 1.54) is 12.1 Å². The van der Waals surface area contributed by atoms with E-state index in [4.69, 9.17) is 9.47 Å². The van der Waals surface area contributed by atoms with Crippen LogP contribution in [0.4, 0.5) is 4.79 Å². The third kappa shape index (κ3) is 3.67. The van der Waals surface area contributed by atoms with Crippen LogP contribution >= 0.6 is 0 Å². The van der Waals surface area contributed by atoms with Gasteiger partial charge in [0.25, 0.3) is 0 Å². The van der Waals surface area contributed by atoms with Crippen molar-refractivity contribution in [3.05, 3.63) is 29.8 Å². The second kappa shape index (κ2) is 7.37. The number of amides is 1. The first-order chi connectivity index (χ1) is 13.4. The lowest BCUT2D eigenvalue weighted by atomic mass is 9.86. The maximum Gasteiger partial charge on any atom is 0.410 e. The van der Waals surface area contributed by atoms with E-state index in [9.17, 15) is 23.1 Å². The number of nitrogens with zero attached hydrogens (tertiary/aromatic N) is 1. The Labute approximate surface area is 170 Å². The van der Waals surface area contributed by atoms with Crippen molar-refractivity contribution in [2.45, 2.75) is 61.7 Å². The highest BCUT2D eigenvalue weighted by molar-refractivity contribution is 7.93. The van der Waals surface area contributed by atoms with E-state index < -0.39 is 51.1 Å². The maximum atomic E-state index is 13.6. The largest absolute Gasteiger partial charge is 0.444 e. The number of carbonyl (C=O) groups excluding carboxylic acids is 2. The van der Waals surface area contributed by atoms with E-state index >= 15 is 0 Å². The molecule has 2 fully saturated rings. The van der Waals surface area contributed by atoms with E-state index in [-0.39, 0.29) is 17.9 Å². The maximum absolute atomic E-state index is 13.6. The van der Waals surface area contributed by atoms with Crippen LogP contribution in [0.15, 0.2) is 29.2 Å². The Morgan fingerprint density at radius 3 is 2.48 bits per heavy atom. The molecule has 9 heteroatoms. The number of likely N-dealkylation sites (tertiary alicyclic amines) is 1. The van der Waals surface area contributed by atoms with Gasteiger partial charge in [-0.25, -0.2) is 13.2 Å². The summed E-state index contributed by atoms with van der Waals surface area (Å²) < 4.78 is 35.9. The van der Waals surface area contributed by atoms with Gasteiger partial charge in [0.15, 0.2) is 20.9 Å². The monoisotopic (exact) mass is 425 g/mol. The molecule has 0 saturated carbocycles. The molecule has 0 bridgehead atoms. The summed E-state index contributed by atoms with van der Waals surface area (Å²) in [5.74, 6) is -0.817. The molecule has 0 spiro atoms. The minimum Gasteiger partial charge on any atom is -0.444 e. The van der Waals surface area contributed by atoms with Gasteiger partial charge in [-0.1, -0.05) is 17.7 Å². The van der Waals surface area contributed by atoms with Gasteiger partial charge in [0.05, 0.1) is 24.1 Å². The van der Waals surface area contributed by atoms with Gasteiger partial charge >= 0.3 is 6.09 Å². The van der Waals surface area contributed by atoms with Crippen LogP contribution in [0.5, 0.6) is 0 Å². The van der Waals surface area contributed by atoms with Crippen molar-refractivity contribution in [2.24, 2.45) is 5.92 Å². The molecule has 4 atom stereocenters. The lowest BCUT2D eigenvalue weighted by Crippen LogP contribution is -2.53. The fraction of sp³-hybridized carbons (Fsp3) is 0.600. The summed E-state index contributed by atoms with van der Waals surface area (Å²) >= 11 is 0. The molecule has 160 valence electrons. The minimum atomic E-state index is -4.16. The molecule has 2 saturated heterocycles. The Hall–Kier alpha value is -1.97. The Bertz CT molecular complexity index is 890. The molecule has 8 nitrogen and oxygen atoms in total. The van der Waals surface area contributed by atoms with Gasteiger partial charge in [-0.15, -0.1) is 0 Å². The molecule has 0 radical (unpaired) electrons. The van der Waals surface area contributed by atoms with Crippen molar-refractivity contribution in [3.8, 4) is 0 Å². The summed E-state index contributed by atoms with van der Waals surface area (Å²) in [6.45, 7) is 6.56. The number of aldehydes is 1. The second-order valence-corrected chi connectivity index (χ2v) is 10.9. The Kier molecular flexibility index (Phi) is 5.53. The number of fused-ring (bicyclic) bond motifs is 1. The summed E-state index contributed by atoms with van der Waals surface area (Å²) in [5.41, 5.74) is 0.0558. The third-order valence-electron chi connectivity index (χ3n) is 5.49. The summed E-state index contributed by atoms with van der Waals surface area (Å²) in [5, 5.41) is 10.4. The van der Waals surface area contributed by atoms with Crippen molar-refractivity contribution in [1.29, 1.82) is 0 Å². The van der Waals surface area contributed by atoms with E-state index in [0.29, 0.717) is 6.29 Å². The topological polar surface area (TPSA) is 110 Å². The van der Waals surface area contributed by atoms with E-state index in [1.54, 1.807) is 32.9 Å². The predicted octanol–water partition coefficient (Wildman–Crippen LogP) is 1.68. The molecule has 1 N–H and O–H groups in total. The smallest absolute Gasteiger partial charge is 0.410 e. The Morgan fingerprint density at radius 2 is 1.93 bits per heavy atom. The molecular weight excluding hydrogens is 398 g/mol. The zero-order chi connectivity index (χ0) is 21.6. The van der Waals surface area contributed by atoms with Gasteiger partial charge < -0.3 is 19.4 Å². The average Bonchev–Trinajstić information content (AvgIpc) is 2.98. The number of benzene rings is 1. The molecule has 1 unspecified atom stereocenters. The number of rotatable bonds is 3. The van der Waals surface area contributed by atoms with Crippen LogP contribution < -0.4 is 0 Å². The molecule has 2 aliphatic rings. The second-order valence-electron chi connectivity index (χ2n) is 8.64. The lowest BCUT2D eigenvalue weighted by molar-refractivity contribution is -0.170. The number of carbonyl (C=O) groups is 2. The molecular formula is C20H27NO7S. The summed E-state index contributed by atoms with van der Waals surface area (Å²) in [4.78, 5) is 26.3. The summed E-state index contributed by atoms with van der Waals surface area (Å²) in [6.07, 6.45) is -1.58. The number of sulfone groups is 1. The number of ether oxygens (including phenoxy) is 2. The Balaban J connectivity index is 2.09. The number of hydrogen-bond acceptors (Lipinski definition) is 7. The van der Waals surface area contributed by atoms with Gasteiger partial charge in [-0.2, -0.15) is 0 Å². The van der Waals surface area contributed by atoms with Crippen LogP contribution in [0, 0.1) is 12.8 Å². The van der Waals surface area contributed by atoms with Crippen molar-refractivity contribution in [2.75, 3.05) is 13.2 Å². The lowest BCUT2D eigenvalue weighted by Gasteiger charge is -2.37. The van der Waals surface area contributed by atoms with Crippen molar-refractivity contribution in [3.63, 3.8) is 0 Å². The minimum absolute atomic E-state index is 0.000898. The van der Waals surface area contributed by atoms with E-state index in [0.717, 1.165) is 10.5 Å². The highest BCUT2D eigenvalue weighted by Gasteiger charge is 2.64.